The zero-order valence-electron chi connectivity index (χ0n) is 12.3. The van der Waals surface area contributed by atoms with Crippen molar-refractivity contribution in [1.82, 2.24) is 24.6 Å². The second-order valence-corrected chi connectivity index (χ2v) is 5.02. The highest BCUT2D eigenvalue weighted by atomic mass is 16.6. The Hall–Kier alpha value is -3.68. The fourth-order valence-electron chi connectivity index (χ4n) is 2.41. The number of nitrogens with zero attached hydrogens (tertiary/aromatic N) is 6. The summed E-state index contributed by atoms with van der Waals surface area (Å²) in [5.41, 5.74) is 2.19. The van der Waals surface area contributed by atoms with E-state index in [1.54, 1.807) is 41.3 Å². The molecule has 0 aliphatic rings. The Labute approximate surface area is 135 Å². The summed E-state index contributed by atoms with van der Waals surface area (Å²) in [6.45, 7) is 0. The van der Waals surface area contributed by atoms with Crippen molar-refractivity contribution in [2.75, 3.05) is 0 Å². The minimum atomic E-state index is -0.425. The first kappa shape index (κ1) is 13.9. The molecule has 0 N–H and O–H groups in total. The molecule has 0 radical (unpaired) electrons. The van der Waals surface area contributed by atoms with Crippen LogP contribution >= 0.6 is 0 Å². The van der Waals surface area contributed by atoms with Crippen LogP contribution in [0.1, 0.15) is 0 Å². The van der Waals surface area contributed by atoms with Crippen LogP contribution in [0, 0.1) is 10.1 Å². The maximum atomic E-state index is 11.0. The molecule has 0 bridgehead atoms. The van der Waals surface area contributed by atoms with Crippen molar-refractivity contribution < 1.29 is 4.92 Å². The van der Waals surface area contributed by atoms with Crippen molar-refractivity contribution in [3.05, 3.63) is 71.2 Å². The quantitative estimate of drug-likeness (QED) is 0.425. The van der Waals surface area contributed by atoms with E-state index in [9.17, 15) is 10.1 Å². The molecule has 1 aromatic carbocycles. The Morgan fingerprint density at radius 1 is 1.00 bits per heavy atom. The third-order valence-corrected chi connectivity index (χ3v) is 3.53. The number of rotatable bonds is 3. The molecule has 3 aromatic heterocycles. The summed E-state index contributed by atoms with van der Waals surface area (Å²) >= 11 is 0. The van der Waals surface area contributed by atoms with Crippen LogP contribution in [0.15, 0.2) is 61.1 Å². The SMILES string of the molecule is O=[N+]([O-])c1cccc(-c2ccnc3nc(-c4ccncc4)nn23)c1. The van der Waals surface area contributed by atoms with Gasteiger partial charge in [0.25, 0.3) is 11.5 Å². The minimum Gasteiger partial charge on any atom is -0.265 e. The van der Waals surface area contributed by atoms with Gasteiger partial charge in [0, 0.05) is 41.9 Å². The highest BCUT2D eigenvalue weighted by Crippen LogP contribution is 2.24. The first-order valence-corrected chi connectivity index (χ1v) is 7.09. The summed E-state index contributed by atoms with van der Waals surface area (Å²) in [7, 11) is 0. The van der Waals surface area contributed by atoms with Crippen LogP contribution in [0.25, 0.3) is 28.4 Å². The van der Waals surface area contributed by atoms with Gasteiger partial charge in [-0.15, -0.1) is 5.10 Å². The molecule has 0 atom stereocenters. The largest absolute Gasteiger partial charge is 0.270 e. The van der Waals surface area contributed by atoms with Crippen molar-refractivity contribution >= 4 is 11.5 Å². The maximum absolute atomic E-state index is 11.0. The molecular formula is C16H10N6O2. The Bertz CT molecular complexity index is 1040. The number of hydrogen-bond acceptors (Lipinski definition) is 6. The van der Waals surface area contributed by atoms with Gasteiger partial charge in [-0.1, -0.05) is 12.1 Å². The standard InChI is InChI=1S/C16H10N6O2/c23-22(24)13-3-1-2-12(10-13)14-6-9-18-16-19-15(20-21(14)16)11-4-7-17-8-5-11/h1-10H. The number of aromatic nitrogens is 5. The van der Waals surface area contributed by atoms with Crippen LogP contribution in [0.3, 0.4) is 0 Å². The average molecular weight is 318 g/mol. The normalized spacial score (nSPS) is 10.8. The molecule has 0 spiro atoms. The van der Waals surface area contributed by atoms with Gasteiger partial charge >= 0.3 is 0 Å². The number of fused-ring (bicyclic) bond motifs is 1. The summed E-state index contributed by atoms with van der Waals surface area (Å²) in [6, 6.07) is 11.7. The summed E-state index contributed by atoms with van der Waals surface area (Å²) < 4.78 is 1.58. The predicted octanol–water partition coefficient (Wildman–Crippen LogP) is 2.76. The van der Waals surface area contributed by atoms with Crippen molar-refractivity contribution in [3.8, 4) is 22.6 Å². The fraction of sp³-hybridized carbons (Fsp3) is 0. The van der Waals surface area contributed by atoms with E-state index >= 15 is 0 Å². The van der Waals surface area contributed by atoms with E-state index in [4.69, 9.17) is 0 Å². The van der Waals surface area contributed by atoms with Gasteiger partial charge in [-0.05, 0) is 18.2 Å². The molecular weight excluding hydrogens is 308 g/mol. The van der Waals surface area contributed by atoms with Gasteiger partial charge in [0.1, 0.15) is 0 Å². The van der Waals surface area contributed by atoms with E-state index in [0.29, 0.717) is 22.9 Å². The molecule has 8 nitrogen and oxygen atoms in total. The van der Waals surface area contributed by atoms with Gasteiger partial charge < -0.3 is 0 Å². The minimum absolute atomic E-state index is 0.0203. The van der Waals surface area contributed by atoms with Crippen LogP contribution in [0.5, 0.6) is 0 Å². The zero-order valence-corrected chi connectivity index (χ0v) is 12.3. The molecule has 0 amide bonds. The molecule has 0 aliphatic carbocycles. The van der Waals surface area contributed by atoms with Crippen molar-refractivity contribution in [1.29, 1.82) is 0 Å². The van der Waals surface area contributed by atoms with Crippen LogP contribution in [-0.4, -0.2) is 29.5 Å². The van der Waals surface area contributed by atoms with Crippen LogP contribution < -0.4 is 0 Å². The lowest BCUT2D eigenvalue weighted by Crippen LogP contribution is -1.96. The van der Waals surface area contributed by atoms with Gasteiger partial charge in [-0.3, -0.25) is 15.1 Å². The molecule has 24 heavy (non-hydrogen) atoms. The van der Waals surface area contributed by atoms with Gasteiger partial charge in [-0.2, -0.15) is 9.50 Å². The smallest absolute Gasteiger partial charge is 0.265 e. The van der Waals surface area contributed by atoms with E-state index in [0.717, 1.165) is 5.56 Å². The molecule has 116 valence electrons. The van der Waals surface area contributed by atoms with Crippen molar-refractivity contribution in [2.45, 2.75) is 0 Å². The lowest BCUT2D eigenvalue weighted by molar-refractivity contribution is -0.384. The molecule has 0 fully saturated rings. The number of hydrogen-bond donors (Lipinski definition) is 0. The van der Waals surface area contributed by atoms with Gasteiger partial charge in [0.15, 0.2) is 5.82 Å². The average Bonchev–Trinajstić information content (AvgIpc) is 3.07. The number of pyridine rings is 1. The van der Waals surface area contributed by atoms with Gasteiger partial charge in [0.05, 0.1) is 10.6 Å². The molecule has 0 unspecified atom stereocenters. The Kier molecular flexibility index (Phi) is 3.20. The number of benzene rings is 1. The second kappa shape index (κ2) is 5.51. The molecule has 8 heteroatoms. The first-order valence-electron chi connectivity index (χ1n) is 7.09. The van der Waals surface area contributed by atoms with E-state index in [2.05, 4.69) is 20.1 Å². The second-order valence-electron chi connectivity index (χ2n) is 5.02. The first-order chi connectivity index (χ1) is 11.7. The summed E-state index contributed by atoms with van der Waals surface area (Å²) in [6.07, 6.45) is 4.93. The number of non-ortho nitro benzene ring substituents is 1. The number of nitro benzene ring substituents is 1. The fourth-order valence-corrected chi connectivity index (χ4v) is 2.41. The van der Waals surface area contributed by atoms with E-state index < -0.39 is 4.92 Å². The highest BCUT2D eigenvalue weighted by molar-refractivity contribution is 5.65. The van der Waals surface area contributed by atoms with Gasteiger partial charge in [-0.25, -0.2) is 4.98 Å². The topological polar surface area (TPSA) is 99.1 Å². The van der Waals surface area contributed by atoms with E-state index in [-0.39, 0.29) is 5.69 Å². The predicted molar refractivity (Wildman–Crippen MR) is 86.1 cm³/mol. The third-order valence-electron chi connectivity index (χ3n) is 3.53. The summed E-state index contributed by atoms with van der Waals surface area (Å²) in [5.74, 6) is 0.939. The molecule has 0 aliphatic heterocycles. The summed E-state index contributed by atoms with van der Waals surface area (Å²) in [5, 5.41) is 15.5. The van der Waals surface area contributed by atoms with E-state index in [1.807, 2.05) is 12.1 Å². The third kappa shape index (κ3) is 2.35. The van der Waals surface area contributed by atoms with Crippen molar-refractivity contribution in [3.63, 3.8) is 0 Å². The lowest BCUT2D eigenvalue weighted by atomic mass is 10.1. The summed E-state index contributed by atoms with van der Waals surface area (Å²) in [4.78, 5) is 23.2. The maximum Gasteiger partial charge on any atom is 0.270 e. The van der Waals surface area contributed by atoms with Crippen LogP contribution in [-0.2, 0) is 0 Å². The van der Waals surface area contributed by atoms with Crippen LogP contribution in [0.2, 0.25) is 0 Å². The monoisotopic (exact) mass is 318 g/mol. The molecule has 4 aromatic rings. The Morgan fingerprint density at radius 3 is 2.62 bits per heavy atom. The Balaban J connectivity index is 1.89. The van der Waals surface area contributed by atoms with Crippen molar-refractivity contribution in [2.24, 2.45) is 0 Å². The lowest BCUT2D eigenvalue weighted by Gasteiger charge is -2.03. The molecule has 3 heterocycles. The van der Waals surface area contributed by atoms with Gasteiger partial charge in [0.2, 0.25) is 0 Å². The Morgan fingerprint density at radius 2 is 1.83 bits per heavy atom. The molecule has 0 saturated carbocycles. The molecule has 4 rings (SSSR count). The zero-order chi connectivity index (χ0) is 16.5. The number of nitro groups is 1. The molecule has 0 saturated heterocycles. The highest BCUT2D eigenvalue weighted by Gasteiger charge is 2.13. The van der Waals surface area contributed by atoms with Crippen LogP contribution in [0.4, 0.5) is 5.69 Å². The van der Waals surface area contributed by atoms with E-state index in [1.165, 1.54) is 12.1 Å².